The van der Waals surface area contributed by atoms with Crippen molar-refractivity contribution in [2.45, 2.75) is 18.2 Å². The van der Waals surface area contributed by atoms with Crippen LogP contribution in [0.1, 0.15) is 23.7 Å². The van der Waals surface area contributed by atoms with Crippen LogP contribution in [0.25, 0.3) is 0 Å². The molecule has 2 aromatic rings. The molecule has 0 radical (unpaired) electrons. The fourth-order valence-electron chi connectivity index (χ4n) is 2.68. The van der Waals surface area contributed by atoms with E-state index in [0.29, 0.717) is 17.8 Å². The number of hydrogen-bond donors (Lipinski definition) is 0. The van der Waals surface area contributed by atoms with E-state index in [2.05, 4.69) is 0 Å². The van der Waals surface area contributed by atoms with Crippen LogP contribution in [-0.4, -0.2) is 38.9 Å². The second-order valence-corrected chi connectivity index (χ2v) is 7.54. The summed E-state index contributed by atoms with van der Waals surface area (Å²) in [5.41, 5.74) is 1.15. The molecule has 1 fully saturated rings. The van der Waals surface area contributed by atoms with Gasteiger partial charge in [-0.1, -0.05) is 18.2 Å². The number of carbonyl (C=O) groups excluding carboxylic acids is 1. The highest BCUT2D eigenvalue weighted by atomic mass is 32.2. The minimum atomic E-state index is -3.65. The molecule has 0 saturated carbocycles. The van der Waals surface area contributed by atoms with Crippen LogP contribution in [0.5, 0.6) is 0 Å². The van der Waals surface area contributed by atoms with E-state index in [0.717, 1.165) is 19.5 Å². The third kappa shape index (κ3) is 3.01. The van der Waals surface area contributed by atoms with Crippen molar-refractivity contribution in [3.8, 4) is 0 Å². The summed E-state index contributed by atoms with van der Waals surface area (Å²) in [6.45, 7) is 3.68. The number of sulfonamides is 1. The summed E-state index contributed by atoms with van der Waals surface area (Å²) in [5.74, 6) is -0.0411. The van der Waals surface area contributed by atoms with Crippen LogP contribution < -0.4 is 4.31 Å². The van der Waals surface area contributed by atoms with Gasteiger partial charge in [-0.15, -0.1) is 0 Å². The molecular formula is C18H20N2O3S. The highest BCUT2D eigenvalue weighted by Crippen LogP contribution is 2.24. The molecule has 0 bridgehead atoms. The first-order chi connectivity index (χ1) is 11.5. The van der Waals surface area contributed by atoms with E-state index in [4.69, 9.17) is 0 Å². The lowest BCUT2D eigenvalue weighted by molar-refractivity contribution is 0.0651. The van der Waals surface area contributed by atoms with Crippen LogP contribution in [0, 0.1) is 0 Å². The van der Waals surface area contributed by atoms with Crippen molar-refractivity contribution in [2.24, 2.45) is 0 Å². The molecule has 3 rings (SSSR count). The fourth-order valence-corrected chi connectivity index (χ4v) is 4.16. The Bertz CT molecular complexity index is 813. The Hall–Kier alpha value is -2.34. The Labute approximate surface area is 142 Å². The number of nitrogens with zero attached hydrogens (tertiary/aromatic N) is 2. The summed E-state index contributed by atoms with van der Waals surface area (Å²) in [6, 6.07) is 15.2. The molecule has 1 amide bonds. The van der Waals surface area contributed by atoms with E-state index in [1.165, 1.54) is 16.4 Å². The quantitative estimate of drug-likeness (QED) is 0.838. The summed E-state index contributed by atoms with van der Waals surface area (Å²) in [6.07, 6.45) is 1.03. The van der Waals surface area contributed by atoms with Gasteiger partial charge >= 0.3 is 0 Å². The first-order valence-corrected chi connectivity index (χ1v) is 9.45. The second kappa shape index (κ2) is 6.65. The van der Waals surface area contributed by atoms with Gasteiger partial charge in [0.25, 0.3) is 15.9 Å². The molecule has 1 saturated heterocycles. The van der Waals surface area contributed by atoms with E-state index in [9.17, 15) is 13.2 Å². The molecule has 0 atom stereocenters. The number of para-hydroxylation sites is 1. The zero-order valence-electron chi connectivity index (χ0n) is 13.6. The minimum Gasteiger partial charge on any atom is -0.339 e. The van der Waals surface area contributed by atoms with Crippen molar-refractivity contribution in [3.05, 3.63) is 60.2 Å². The molecular weight excluding hydrogens is 324 g/mol. The Morgan fingerprint density at radius 2 is 1.67 bits per heavy atom. The first kappa shape index (κ1) is 16.5. The van der Waals surface area contributed by atoms with Crippen LogP contribution in [0.3, 0.4) is 0 Å². The lowest BCUT2D eigenvalue weighted by atomic mass is 10.1. The molecule has 1 aliphatic rings. The van der Waals surface area contributed by atoms with Crippen molar-refractivity contribution >= 4 is 21.6 Å². The van der Waals surface area contributed by atoms with E-state index >= 15 is 0 Å². The molecule has 24 heavy (non-hydrogen) atoms. The van der Waals surface area contributed by atoms with E-state index in [1.807, 2.05) is 18.2 Å². The van der Waals surface area contributed by atoms with Gasteiger partial charge in [-0.25, -0.2) is 8.42 Å². The fraction of sp³-hybridized carbons (Fsp3) is 0.278. The second-order valence-electron chi connectivity index (χ2n) is 5.68. The maximum Gasteiger partial charge on any atom is 0.264 e. The topological polar surface area (TPSA) is 57.7 Å². The zero-order chi connectivity index (χ0) is 17.2. The van der Waals surface area contributed by atoms with E-state index in [-0.39, 0.29) is 10.8 Å². The van der Waals surface area contributed by atoms with Gasteiger partial charge in [-0.05, 0) is 49.7 Å². The van der Waals surface area contributed by atoms with Crippen molar-refractivity contribution in [1.29, 1.82) is 0 Å². The highest BCUT2D eigenvalue weighted by molar-refractivity contribution is 7.92. The SMILES string of the molecule is CCN(c1ccccc1)S(=O)(=O)c1ccc(C(=O)N2CCC2)cc1. The molecule has 1 heterocycles. The Kier molecular flexibility index (Phi) is 4.57. The molecule has 0 aliphatic carbocycles. The number of carbonyl (C=O) groups is 1. The summed E-state index contributed by atoms with van der Waals surface area (Å²) in [7, 11) is -3.65. The number of hydrogen-bond acceptors (Lipinski definition) is 3. The van der Waals surface area contributed by atoms with Crippen molar-refractivity contribution in [2.75, 3.05) is 23.9 Å². The number of amides is 1. The summed E-state index contributed by atoms with van der Waals surface area (Å²) in [5, 5.41) is 0. The summed E-state index contributed by atoms with van der Waals surface area (Å²) >= 11 is 0. The zero-order valence-corrected chi connectivity index (χ0v) is 14.4. The van der Waals surface area contributed by atoms with Gasteiger partial charge in [-0.2, -0.15) is 0 Å². The van der Waals surface area contributed by atoms with Gasteiger partial charge in [0.15, 0.2) is 0 Å². The van der Waals surface area contributed by atoms with Crippen LogP contribution in [-0.2, 0) is 10.0 Å². The molecule has 5 nitrogen and oxygen atoms in total. The van der Waals surface area contributed by atoms with Gasteiger partial charge in [-0.3, -0.25) is 9.10 Å². The van der Waals surface area contributed by atoms with E-state index in [1.54, 1.807) is 36.1 Å². The Balaban J connectivity index is 1.87. The maximum atomic E-state index is 12.9. The number of anilines is 1. The predicted molar refractivity (Wildman–Crippen MR) is 93.6 cm³/mol. The maximum absolute atomic E-state index is 12.9. The Morgan fingerprint density at radius 3 is 2.17 bits per heavy atom. The molecule has 0 aromatic heterocycles. The first-order valence-electron chi connectivity index (χ1n) is 8.01. The van der Waals surface area contributed by atoms with Gasteiger partial charge in [0.05, 0.1) is 10.6 Å². The lowest BCUT2D eigenvalue weighted by Gasteiger charge is -2.31. The predicted octanol–water partition coefficient (Wildman–Crippen LogP) is 2.75. The molecule has 0 unspecified atom stereocenters. The standard InChI is InChI=1S/C18H20N2O3S/c1-2-20(16-7-4-3-5-8-16)24(22,23)17-11-9-15(10-12-17)18(21)19-13-6-14-19/h3-5,7-12H,2,6,13-14H2,1H3. The Morgan fingerprint density at radius 1 is 1.04 bits per heavy atom. The van der Waals surface area contributed by atoms with Gasteiger partial charge in [0, 0.05) is 25.2 Å². The minimum absolute atomic E-state index is 0.0411. The molecule has 1 aliphatic heterocycles. The normalized spacial score (nSPS) is 14.1. The van der Waals surface area contributed by atoms with Gasteiger partial charge in [0.2, 0.25) is 0 Å². The summed E-state index contributed by atoms with van der Waals surface area (Å²) < 4.78 is 27.1. The summed E-state index contributed by atoms with van der Waals surface area (Å²) in [4.78, 5) is 14.1. The van der Waals surface area contributed by atoms with Gasteiger partial charge < -0.3 is 4.90 Å². The average Bonchev–Trinajstić information content (AvgIpc) is 2.55. The van der Waals surface area contributed by atoms with Crippen LogP contribution >= 0.6 is 0 Å². The average molecular weight is 344 g/mol. The molecule has 126 valence electrons. The van der Waals surface area contributed by atoms with E-state index < -0.39 is 10.0 Å². The number of likely N-dealkylation sites (tertiary alicyclic amines) is 1. The molecule has 0 spiro atoms. The van der Waals surface area contributed by atoms with Crippen LogP contribution in [0.15, 0.2) is 59.5 Å². The van der Waals surface area contributed by atoms with Crippen LogP contribution in [0.4, 0.5) is 5.69 Å². The monoisotopic (exact) mass is 344 g/mol. The highest BCUT2D eigenvalue weighted by Gasteiger charge is 2.25. The van der Waals surface area contributed by atoms with Crippen molar-refractivity contribution in [3.63, 3.8) is 0 Å². The molecule has 6 heteroatoms. The third-order valence-corrected chi connectivity index (χ3v) is 6.08. The number of rotatable bonds is 5. The van der Waals surface area contributed by atoms with Crippen molar-refractivity contribution < 1.29 is 13.2 Å². The molecule has 2 aromatic carbocycles. The molecule has 0 N–H and O–H groups in total. The smallest absolute Gasteiger partial charge is 0.264 e. The van der Waals surface area contributed by atoms with Crippen molar-refractivity contribution in [1.82, 2.24) is 4.90 Å². The largest absolute Gasteiger partial charge is 0.339 e. The lowest BCUT2D eigenvalue weighted by Crippen LogP contribution is -2.42. The third-order valence-electron chi connectivity index (χ3n) is 4.16. The van der Waals surface area contributed by atoms with Gasteiger partial charge in [0.1, 0.15) is 0 Å². The number of benzene rings is 2. The van der Waals surface area contributed by atoms with Crippen LogP contribution in [0.2, 0.25) is 0 Å².